The Balaban J connectivity index is 1.45. The summed E-state index contributed by atoms with van der Waals surface area (Å²) in [7, 11) is 0. The molecule has 31 heavy (non-hydrogen) atoms. The number of amides is 2. The molecule has 0 aliphatic rings. The maximum absolute atomic E-state index is 12.1. The van der Waals surface area contributed by atoms with Crippen LogP contribution < -0.4 is 20.9 Å². The Kier molecular flexibility index (Phi) is 7.35. The van der Waals surface area contributed by atoms with Gasteiger partial charge in [-0.1, -0.05) is 60.2 Å². The summed E-state index contributed by atoms with van der Waals surface area (Å²) in [4.78, 5) is 24.1. The summed E-state index contributed by atoms with van der Waals surface area (Å²) in [6.45, 7) is 3.71. The molecule has 158 valence electrons. The zero-order valence-electron chi connectivity index (χ0n) is 17.3. The second-order valence-corrected chi connectivity index (χ2v) is 7.36. The maximum atomic E-state index is 12.1. The number of rotatable bonds is 5. The highest BCUT2D eigenvalue weighted by Crippen LogP contribution is 2.20. The van der Waals surface area contributed by atoms with Crippen molar-refractivity contribution in [3.8, 4) is 5.75 Å². The van der Waals surface area contributed by atoms with E-state index in [4.69, 9.17) is 17.0 Å². The smallest absolute Gasteiger partial charge is 0.276 e. The first-order valence-electron chi connectivity index (χ1n) is 9.68. The molecule has 0 atom stereocenters. The largest absolute Gasteiger partial charge is 0.483 e. The zero-order chi connectivity index (χ0) is 22.2. The molecule has 7 heteroatoms. The van der Waals surface area contributed by atoms with Gasteiger partial charge in [0, 0.05) is 6.08 Å². The lowest BCUT2D eigenvalue weighted by molar-refractivity contribution is -0.123. The Bertz CT molecular complexity index is 1150. The highest BCUT2D eigenvalue weighted by atomic mass is 32.1. The molecule has 3 aromatic rings. The van der Waals surface area contributed by atoms with Crippen LogP contribution in [0.2, 0.25) is 0 Å². The Labute approximate surface area is 186 Å². The summed E-state index contributed by atoms with van der Waals surface area (Å²) in [5, 5.41) is 4.60. The Morgan fingerprint density at radius 3 is 2.58 bits per heavy atom. The van der Waals surface area contributed by atoms with Crippen molar-refractivity contribution in [1.29, 1.82) is 0 Å². The molecule has 3 rings (SSSR count). The highest BCUT2D eigenvalue weighted by Gasteiger charge is 2.07. The summed E-state index contributed by atoms with van der Waals surface area (Å²) < 4.78 is 5.50. The number of thiocarbonyl (C=S) groups is 1. The standard InChI is InChI=1S/C24H23N3O3S/c1-16-10-12-21(17(2)14-16)30-15-23(29)26-27-24(31)25-22(28)13-11-19-8-5-7-18-6-3-4-9-20(18)19/h3-14H,15H2,1-2H3,(H,26,29)(H2,25,27,28,31). The van der Waals surface area contributed by atoms with Gasteiger partial charge in [0.05, 0.1) is 0 Å². The Morgan fingerprint density at radius 2 is 1.77 bits per heavy atom. The summed E-state index contributed by atoms with van der Waals surface area (Å²) in [6, 6.07) is 19.5. The molecule has 2 amide bonds. The van der Waals surface area contributed by atoms with Crippen molar-refractivity contribution < 1.29 is 14.3 Å². The number of hydrazine groups is 1. The van der Waals surface area contributed by atoms with Gasteiger partial charge in [-0.15, -0.1) is 0 Å². The van der Waals surface area contributed by atoms with Crippen molar-refractivity contribution in [2.45, 2.75) is 13.8 Å². The van der Waals surface area contributed by atoms with Crippen LogP contribution in [0.5, 0.6) is 5.75 Å². The minimum absolute atomic E-state index is 0.0209. The van der Waals surface area contributed by atoms with E-state index in [1.165, 1.54) is 6.08 Å². The van der Waals surface area contributed by atoms with E-state index in [2.05, 4.69) is 16.2 Å². The van der Waals surface area contributed by atoms with Gasteiger partial charge in [-0.2, -0.15) is 0 Å². The van der Waals surface area contributed by atoms with Gasteiger partial charge in [-0.05, 0) is 60.1 Å². The molecular weight excluding hydrogens is 410 g/mol. The third kappa shape index (κ3) is 6.38. The average Bonchev–Trinajstić information content (AvgIpc) is 2.75. The fourth-order valence-electron chi connectivity index (χ4n) is 3.01. The molecule has 0 saturated carbocycles. The molecule has 0 unspecified atom stereocenters. The number of hydrogen-bond acceptors (Lipinski definition) is 4. The Hall–Kier alpha value is -3.71. The van der Waals surface area contributed by atoms with Crippen molar-refractivity contribution in [2.24, 2.45) is 0 Å². The fourth-order valence-corrected chi connectivity index (χ4v) is 3.16. The number of hydrogen-bond donors (Lipinski definition) is 3. The van der Waals surface area contributed by atoms with Crippen molar-refractivity contribution in [3.05, 3.63) is 83.4 Å². The van der Waals surface area contributed by atoms with Crippen molar-refractivity contribution in [2.75, 3.05) is 6.61 Å². The van der Waals surface area contributed by atoms with Crippen molar-refractivity contribution in [1.82, 2.24) is 16.2 Å². The molecule has 0 bridgehead atoms. The average molecular weight is 434 g/mol. The van der Waals surface area contributed by atoms with Crippen molar-refractivity contribution in [3.63, 3.8) is 0 Å². The molecule has 6 nitrogen and oxygen atoms in total. The van der Waals surface area contributed by atoms with E-state index in [1.807, 2.05) is 74.5 Å². The van der Waals surface area contributed by atoms with Crippen LogP contribution in [0.15, 0.2) is 66.7 Å². The lowest BCUT2D eigenvalue weighted by atomic mass is 10.0. The summed E-state index contributed by atoms with van der Waals surface area (Å²) in [5.74, 6) is -0.204. The van der Waals surface area contributed by atoms with Crippen LogP contribution in [0, 0.1) is 13.8 Å². The molecule has 0 radical (unpaired) electrons. The van der Waals surface area contributed by atoms with Gasteiger partial charge in [0.15, 0.2) is 11.7 Å². The number of nitrogens with one attached hydrogen (secondary N) is 3. The van der Waals surface area contributed by atoms with Gasteiger partial charge < -0.3 is 4.74 Å². The first-order chi connectivity index (χ1) is 14.9. The molecule has 0 spiro atoms. The molecular formula is C24H23N3O3S. The SMILES string of the molecule is Cc1ccc(OCC(=O)NNC(=S)NC(=O)C=Cc2cccc3ccccc23)c(C)c1. The topological polar surface area (TPSA) is 79.5 Å². The van der Waals surface area contributed by atoms with Gasteiger partial charge in [0.1, 0.15) is 5.75 Å². The highest BCUT2D eigenvalue weighted by molar-refractivity contribution is 7.80. The van der Waals surface area contributed by atoms with E-state index >= 15 is 0 Å². The molecule has 3 N–H and O–H groups in total. The monoisotopic (exact) mass is 433 g/mol. The van der Waals surface area contributed by atoms with Crippen LogP contribution in [0.1, 0.15) is 16.7 Å². The second-order valence-electron chi connectivity index (χ2n) is 6.95. The van der Waals surface area contributed by atoms with Crippen LogP contribution in [-0.2, 0) is 9.59 Å². The maximum Gasteiger partial charge on any atom is 0.276 e. The molecule has 0 heterocycles. The van der Waals surface area contributed by atoms with E-state index in [0.29, 0.717) is 5.75 Å². The number of ether oxygens (including phenoxy) is 1. The molecule has 0 aliphatic carbocycles. The van der Waals surface area contributed by atoms with E-state index in [9.17, 15) is 9.59 Å². The first kappa shape index (κ1) is 22.0. The van der Waals surface area contributed by atoms with Gasteiger partial charge >= 0.3 is 0 Å². The number of aryl methyl sites for hydroxylation is 2. The van der Waals surface area contributed by atoms with E-state index in [-0.39, 0.29) is 11.7 Å². The number of carbonyl (C=O) groups excluding carboxylic acids is 2. The number of fused-ring (bicyclic) bond motifs is 1. The van der Waals surface area contributed by atoms with Crippen molar-refractivity contribution >= 4 is 46.0 Å². The van der Waals surface area contributed by atoms with E-state index < -0.39 is 11.8 Å². The number of carbonyl (C=O) groups is 2. The van der Waals surface area contributed by atoms with Crippen LogP contribution in [-0.4, -0.2) is 23.5 Å². The summed E-state index contributed by atoms with van der Waals surface area (Å²) >= 11 is 5.04. The number of benzene rings is 3. The predicted molar refractivity (Wildman–Crippen MR) is 126 cm³/mol. The molecule has 0 fully saturated rings. The summed E-state index contributed by atoms with van der Waals surface area (Å²) in [5.41, 5.74) is 7.86. The minimum Gasteiger partial charge on any atom is -0.483 e. The van der Waals surface area contributed by atoms with Gasteiger partial charge in [-0.3, -0.25) is 25.8 Å². The Morgan fingerprint density at radius 1 is 1.00 bits per heavy atom. The van der Waals surface area contributed by atoms with Gasteiger partial charge in [0.2, 0.25) is 5.91 Å². The summed E-state index contributed by atoms with van der Waals surface area (Å²) in [6.07, 6.45) is 3.11. The lowest BCUT2D eigenvalue weighted by Crippen LogP contribution is -2.49. The van der Waals surface area contributed by atoms with Crippen LogP contribution >= 0.6 is 12.2 Å². The normalized spacial score (nSPS) is 10.6. The van der Waals surface area contributed by atoms with E-state index in [0.717, 1.165) is 27.5 Å². The molecule has 0 aromatic heterocycles. The fraction of sp³-hybridized carbons (Fsp3) is 0.125. The zero-order valence-corrected chi connectivity index (χ0v) is 18.1. The third-order valence-electron chi connectivity index (χ3n) is 4.48. The molecule has 0 aliphatic heterocycles. The van der Waals surface area contributed by atoms with Gasteiger partial charge in [0.25, 0.3) is 5.91 Å². The predicted octanol–water partition coefficient (Wildman–Crippen LogP) is 3.57. The first-order valence-corrected chi connectivity index (χ1v) is 10.1. The van der Waals surface area contributed by atoms with Crippen LogP contribution in [0.4, 0.5) is 0 Å². The second kappa shape index (κ2) is 10.4. The van der Waals surface area contributed by atoms with Crippen LogP contribution in [0.25, 0.3) is 16.8 Å². The third-order valence-corrected chi connectivity index (χ3v) is 4.68. The minimum atomic E-state index is -0.428. The molecule has 0 saturated heterocycles. The van der Waals surface area contributed by atoms with Crippen LogP contribution in [0.3, 0.4) is 0 Å². The van der Waals surface area contributed by atoms with E-state index in [1.54, 1.807) is 6.08 Å². The van der Waals surface area contributed by atoms with Gasteiger partial charge in [-0.25, -0.2) is 0 Å². The molecule has 3 aromatic carbocycles. The quantitative estimate of drug-likeness (QED) is 0.326. The lowest BCUT2D eigenvalue weighted by Gasteiger charge is -2.12.